The lowest BCUT2D eigenvalue weighted by molar-refractivity contribution is 0.284. The molecule has 1 aliphatic rings. The molecule has 0 unspecified atom stereocenters. The van der Waals surface area contributed by atoms with E-state index in [-0.39, 0.29) is 10.8 Å². The Kier molecular flexibility index (Phi) is 16.6. The summed E-state index contributed by atoms with van der Waals surface area (Å²) in [6.07, 6.45) is 7.90. The summed E-state index contributed by atoms with van der Waals surface area (Å²) in [6, 6.07) is 16.6. The summed E-state index contributed by atoms with van der Waals surface area (Å²) in [4.78, 5) is 0. The van der Waals surface area contributed by atoms with E-state index >= 15 is 0 Å². The maximum Gasteiger partial charge on any atom is 0.121 e. The van der Waals surface area contributed by atoms with Crippen molar-refractivity contribution in [3.05, 3.63) is 115 Å². The molecule has 0 spiro atoms. The van der Waals surface area contributed by atoms with Crippen molar-refractivity contribution in [2.45, 2.75) is 173 Å². The summed E-state index contributed by atoms with van der Waals surface area (Å²) in [5.74, 6) is 2.48. The van der Waals surface area contributed by atoms with E-state index in [1.165, 1.54) is 54.4 Å². The summed E-state index contributed by atoms with van der Waals surface area (Å²) < 4.78 is 0. The molecule has 304 valence electrons. The Hall–Kier alpha value is -3.92. The lowest BCUT2D eigenvalue weighted by Crippen LogP contribution is -2.25. The number of phenols is 4. The molecule has 0 aliphatic heterocycles. The van der Waals surface area contributed by atoms with Crippen LogP contribution < -0.4 is 0 Å². The third kappa shape index (κ3) is 14.3. The minimum absolute atomic E-state index is 0.140. The Morgan fingerprint density at radius 3 is 1.07 bits per heavy atom. The zero-order valence-corrected chi connectivity index (χ0v) is 37.7. The van der Waals surface area contributed by atoms with Gasteiger partial charge >= 0.3 is 0 Å². The second kappa shape index (κ2) is 19.3. The predicted octanol–water partition coefficient (Wildman–Crippen LogP) is 14.4. The quantitative estimate of drug-likeness (QED) is 0.168. The van der Waals surface area contributed by atoms with Gasteiger partial charge in [0, 0.05) is 0 Å². The summed E-state index contributed by atoms with van der Waals surface area (Å²) >= 11 is 0. The van der Waals surface area contributed by atoms with Crippen molar-refractivity contribution in [1.82, 2.24) is 0 Å². The fraction of sp³-hybridized carbons (Fsp3) is 0.529. The Balaban J connectivity index is 0.000000257. The summed E-state index contributed by atoms with van der Waals surface area (Å²) in [6.45, 7) is 35.6. The first kappa shape index (κ1) is 47.2. The first-order valence-corrected chi connectivity index (χ1v) is 20.3. The first-order valence-electron chi connectivity index (χ1n) is 20.3. The van der Waals surface area contributed by atoms with Crippen molar-refractivity contribution in [3.8, 4) is 23.0 Å². The van der Waals surface area contributed by atoms with Crippen molar-refractivity contribution < 1.29 is 20.4 Å². The molecular weight excluding hydrogens is 677 g/mol. The average molecular weight is 753 g/mol. The summed E-state index contributed by atoms with van der Waals surface area (Å²) in [5, 5.41) is 38.5. The Morgan fingerprint density at radius 2 is 0.745 bits per heavy atom. The van der Waals surface area contributed by atoms with Gasteiger partial charge in [0.25, 0.3) is 0 Å². The number of aromatic hydroxyl groups is 4. The van der Waals surface area contributed by atoms with Crippen molar-refractivity contribution in [3.63, 3.8) is 0 Å². The standard InChI is InChI=1S/C16H26O.C14H20O.C12H18O.C9H12O/c1-11-8-13(9-12(2)14(11)17)16(6,7)10-15(3,4)5;1-10-8-13(9-11(2)14(10)15)12-6-4-3-5-7-12;1-8-6-10(12(3,4)5)7-9(2)11(8)13;1-6-4-7(2)9(10)8(3)5-6/h8-9,17H,10H2,1-7H3;8-9,12,15H,3-7H2,1-2H3;6-7,13H,1-5H3;4-5,10H,1-3H3. The van der Waals surface area contributed by atoms with E-state index in [1.54, 1.807) is 0 Å². The van der Waals surface area contributed by atoms with Crippen LogP contribution in [0.2, 0.25) is 0 Å². The van der Waals surface area contributed by atoms with Gasteiger partial charge in [0.15, 0.2) is 0 Å². The van der Waals surface area contributed by atoms with Crippen LogP contribution in [-0.2, 0) is 10.8 Å². The highest BCUT2D eigenvalue weighted by atomic mass is 16.3. The first-order chi connectivity index (χ1) is 25.1. The molecule has 0 heterocycles. The number of phenolic OH excluding ortho intramolecular Hbond substituents is 4. The number of benzene rings is 4. The van der Waals surface area contributed by atoms with Gasteiger partial charge in [-0.05, 0) is 165 Å². The normalized spacial score (nSPS) is 13.5. The molecule has 4 aromatic carbocycles. The topological polar surface area (TPSA) is 80.9 Å². The second-order valence-electron chi connectivity index (χ2n) is 19.4. The molecule has 4 nitrogen and oxygen atoms in total. The molecular formula is C51H76O4. The molecule has 0 radical (unpaired) electrons. The van der Waals surface area contributed by atoms with Crippen LogP contribution in [0.15, 0.2) is 48.5 Å². The van der Waals surface area contributed by atoms with Crippen molar-refractivity contribution in [2.24, 2.45) is 5.41 Å². The summed E-state index contributed by atoms with van der Waals surface area (Å²) in [7, 11) is 0. The van der Waals surface area contributed by atoms with Crippen LogP contribution in [0.5, 0.6) is 23.0 Å². The third-order valence-corrected chi connectivity index (χ3v) is 10.8. The van der Waals surface area contributed by atoms with Gasteiger partial charge in [-0.25, -0.2) is 0 Å². The maximum atomic E-state index is 9.83. The highest BCUT2D eigenvalue weighted by molar-refractivity contribution is 5.46. The molecule has 0 amide bonds. The van der Waals surface area contributed by atoms with Gasteiger partial charge in [0.1, 0.15) is 23.0 Å². The molecule has 0 bridgehead atoms. The van der Waals surface area contributed by atoms with E-state index < -0.39 is 0 Å². The van der Waals surface area contributed by atoms with Crippen LogP contribution in [0.4, 0.5) is 0 Å². The highest BCUT2D eigenvalue weighted by Crippen LogP contribution is 2.39. The lowest BCUT2D eigenvalue weighted by Gasteiger charge is -2.33. The molecule has 0 atom stereocenters. The van der Waals surface area contributed by atoms with Crippen molar-refractivity contribution >= 4 is 0 Å². The molecule has 1 saturated carbocycles. The van der Waals surface area contributed by atoms with Crippen molar-refractivity contribution in [2.75, 3.05) is 0 Å². The Labute approximate surface area is 336 Å². The van der Waals surface area contributed by atoms with Crippen LogP contribution in [0, 0.1) is 67.7 Å². The second-order valence-corrected chi connectivity index (χ2v) is 19.4. The third-order valence-electron chi connectivity index (χ3n) is 10.8. The van der Waals surface area contributed by atoms with E-state index in [4.69, 9.17) is 0 Å². The van der Waals surface area contributed by atoms with Gasteiger partial charge in [0.05, 0.1) is 0 Å². The smallest absolute Gasteiger partial charge is 0.121 e. The van der Waals surface area contributed by atoms with Gasteiger partial charge in [0.2, 0.25) is 0 Å². The van der Waals surface area contributed by atoms with Gasteiger partial charge in [-0.2, -0.15) is 0 Å². The zero-order valence-electron chi connectivity index (χ0n) is 37.7. The van der Waals surface area contributed by atoms with Gasteiger partial charge in [-0.3, -0.25) is 0 Å². The van der Waals surface area contributed by atoms with Crippen molar-refractivity contribution in [1.29, 1.82) is 0 Å². The number of rotatable bonds is 3. The molecule has 0 saturated heterocycles. The molecule has 4 heteroatoms. The molecule has 1 fully saturated rings. The van der Waals surface area contributed by atoms with Crippen LogP contribution in [0.25, 0.3) is 0 Å². The van der Waals surface area contributed by atoms with Crippen LogP contribution in [0.3, 0.4) is 0 Å². The van der Waals surface area contributed by atoms with E-state index in [0.29, 0.717) is 28.4 Å². The number of hydrogen-bond acceptors (Lipinski definition) is 4. The van der Waals surface area contributed by atoms with Gasteiger partial charge in [-0.1, -0.05) is 129 Å². The fourth-order valence-corrected chi connectivity index (χ4v) is 8.00. The minimum Gasteiger partial charge on any atom is -0.507 e. The number of hydrogen-bond donors (Lipinski definition) is 4. The maximum absolute atomic E-state index is 9.83. The Bertz CT molecular complexity index is 1780. The van der Waals surface area contributed by atoms with Crippen LogP contribution in [0.1, 0.15) is 167 Å². The predicted molar refractivity (Wildman–Crippen MR) is 237 cm³/mol. The van der Waals surface area contributed by atoms with E-state index in [1.807, 2.05) is 74.4 Å². The van der Waals surface area contributed by atoms with E-state index in [0.717, 1.165) is 56.8 Å². The highest BCUT2D eigenvalue weighted by Gasteiger charge is 2.28. The summed E-state index contributed by atoms with van der Waals surface area (Å²) in [5.41, 5.74) is 13.7. The SMILES string of the molecule is Cc1cc(C(C)(C)C)cc(C)c1O.Cc1cc(C(C)(C)CC(C)(C)C)cc(C)c1O.Cc1cc(C)c(O)c(C)c1.Cc1cc(C2CCCCC2)cc(C)c1O. The van der Waals surface area contributed by atoms with Crippen LogP contribution in [-0.4, -0.2) is 20.4 Å². The largest absolute Gasteiger partial charge is 0.507 e. The molecule has 5 rings (SSSR count). The zero-order chi connectivity index (χ0) is 42.2. The molecule has 55 heavy (non-hydrogen) atoms. The molecule has 0 aromatic heterocycles. The molecule has 1 aliphatic carbocycles. The lowest BCUT2D eigenvalue weighted by atomic mass is 9.72. The molecule has 4 N–H and O–H groups in total. The monoisotopic (exact) mass is 753 g/mol. The van der Waals surface area contributed by atoms with E-state index in [2.05, 4.69) is 91.8 Å². The fourth-order valence-electron chi connectivity index (χ4n) is 8.00. The van der Waals surface area contributed by atoms with Crippen LogP contribution >= 0.6 is 0 Å². The molecule has 4 aromatic rings. The minimum atomic E-state index is 0.140. The number of aryl methyl sites for hydroxylation is 9. The average Bonchev–Trinajstić information content (AvgIpc) is 3.06. The Morgan fingerprint density at radius 1 is 0.436 bits per heavy atom. The van der Waals surface area contributed by atoms with E-state index in [9.17, 15) is 20.4 Å². The van der Waals surface area contributed by atoms with Gasteiger partial charge in [-0.15, -0.1) is 0 Å². The van der Waals surface area contributed by atoms with Gasteiger partial charge < -0.3 is 20.4 Å².